The van der Waals surface area contributed by atoms with Crippen LogP contribution < -0.4 is 4.90 Å². The van der Waals surface area contributed by atoms with Gasteiger partial charge in [-0.15, -0.1) is 0 Å². The van der Waals surface area contributed by atoms with Crippen molar-refractivity contribution in [2.45, 2.75) is 26.7 Å². The van der Waals surface area contributed by atoms with Gasteiger partial charge in [0.2, 0.25) is 0 Å². The summed E-state index contributed by atoms with van der Waals surface area (Å²) in [4.78, 5) is 10.1. The van der Waals surface area contributed by atoms with Crippen molar-refractivity contribution in [3.8, 4) is 11.1 Å². The van der Waals surface area contributed by atoms with Crippen molar-refractivity contribution in [2.24, 2.45) is 0 Å². The molecule has 0 radical (unpaired) electrons. The number of nitrogens with one attached hydrogen (secondary N) is 1. The molecule has 0 saturated heterocycles. The third kappa shape index (κ3) is 3.21. The zero-order valence-corrected chi connectivity index (χ0v) is 13.6. The molecule has 0 amide bonds. The highest BCUT2D eigenvalue weighted by atomic mass is 19.1. The summed E-state index contributed by atoms with van der Waals surface area (Å²) in [6, 6.07) is 8.98. The first-order valence-corrected chi connectivity index (χ1v) is 8.21. The van der Waals surface area contributed by atoms with Gasteiger partial charge in [-0.1, -0.05) is 13.8 Å². The molecular weight excluding hydrogens is 289 g/mol. The summed E-state index contributed by atoms with van der Waals surface area (Å²) in [6.45, 7) is 6.41. The quantitative estimate of drug-likeness (QED) is 0.695. The molecule has 4 heteroatoms. The van der Waals surface area contributed by atoms with E-state index >= 15 is 0 Å². The van der Waals surface area contributed by atoms with E-state index in [2.05, 4.69) is 40.8 Å². The van der Waals surface area contributed by atoms with Gasteiger partial charge in [-0.3, -0.25) is 0 Å². The number of benzene rings is 1. The number of anilines is 1. The smallest absolute Gasteiger partial charge is 0.128 e. The van der Waals surface area contributed by atoms with Gasteiger partial charge in [0.05, 0.1) is 0 Å². The second kappa shape index (κ2) is 6.82. The van der Waals surface area contributed by atoms with Crippen LogP contribution in [0.25, 0.3) is 22.0 Å². The molecule has 0 aliphatic heterocycles. The van der Waals surface area contributed by atoms with E-state index in [-0.39, 0.29) is 5.82 Å². The first kappa shape index (κ1) is 15.5. The number of aromatic amines is 1. The molecule has 0 bridgehead atoms. The summed E-state index contributed by atoms with van der Waals surface area (Å²) in [5.74, 6) is 0.789. The molecule has 0 saturated carbocycles. The van der Waals surface area contributed by atoms with Crippen LogP contribution in [0, 0.1) is 5.82 Å². The second-order valence-electron chi connectivity index (χ2n) is 5.78. The Morgan fingerprint density at radius 1 is 1.09 bits per heavy atom. The van der Waals surface area contributed by atoms with E-state index < -0.39 is 0 Å². The maximum atomic E-state index is 13.3. The van der Waals surface area contributed by atoms with Gasteiger partial charge in [-0.2, -0.15) is 0 Å². The second-order valence-corrected chi connectivity index (χ2v) is 5.78. The average Bonchev–Trinajstić information content (AvgIpc) is 2.98. The molecule has 120 valence electrons. The van der Waals surface area contributed by atoms with E-state index in [0.29, 0.717) is 0 Å². The molecule has 2 aromatic heterocycles. The van der Waals surface area contributed by atoms with E-state index in [1.807, 2.05) is 18.5 Å². The Kier molecular flexibility index (Phi) is 4.60. The van der Waals surface area contributed by atoms with Crippen LogP contribution in [0.5, 0.6) is 0 Å². The average molecular weight is 311 g/mol. The Hall–Kier alpha value is -2.36. The molecule has 2 heterocycles. The number of halogens is 1. The highest BCUT2D eigenvalue weighted by Crippen LogP contribution is 2.29. The van der Waals surface area contributed by atoms with Gasteiger partial charge in [0.1, 0.15) is 11.6 Å². The number of hydrogen-bond donors (Lipinski definition) is 1. The van der Waals surface area contributed by atoms with Gasteiger partial charge < -0.3 is 9.88 Å². The maximum Gasteiger partial charge on any atom is 0.128 e. The molecule has 23 heavy (non-hydrogen) atoms. The van der Waals surface area contributed by atoms with E-state index in [4.69, 9.17) is 0 Å². The molecule has 1 N–H and O–H groups in total. The van der Waals surface area contributed by atoms with Gasteiger partial charge in [0.25, 0.3) is 0 Å². The Labute approximate surface area is 136 Å². The number of pyridine rings is 1. The lowest BCUT2D eigenvalue weighted by Crippen LogP contribution is -2.25. The summed E-state index contributed by atoms with van der Waals surface area (Å²) in [5.41, 5.74) is 2.90. The molecule has 1 aromatic carbocycles. The van der Waals surface area contributed by atoms with Gasteiger partial charge in [0, 0.05) is 47.5 Å². The Balaban J connectivity index is 1.91. The zero-order valence-electron chi connectivity index (χ0n) is 13.6. The monoisotopic (exact) mass is 311 g/mol. The maximum absolute atomic E-state index is 13.3. The molecule has 0 unspecified atom stereocenters. The summed E-state index contributed by atoms with van der Waals surface area (Å²) in [5, 5.41) is 1.01. The summed E-state index contributed by atoms with van der Waals surface area (Å²) >= 11 is 0. The Bertz CT molecular complexity index is 771. The summed E-state index contributed by atoms with van der Waals surface area (Å²) in [6.07, 6.45) is 6.03. The lowest BCUT2D eigenvalue weighted by atomic mass is 10.1. The topological polar surface area (TPSA) is 31.9 Å². The van der Waals surface area contributed by atoms with E-state index in [0.717, 1.165) is 53.8 Å². The minimum absolute atomic E-state index is 0.228. The normalized spacial score (nSPS) is 11.1. The first-order chi connectivity index (χ1) is 11.2. The van der Waals surface area contributed by atoms with Gasteiger partial charge in [-0.25, -0.2) is 9.37 Å². The number of fused-ring (bicyclic) bond motifs is 1. The standard InChI is InChI=1S/C19H22FN3/c1-3-9-23(10-4-2)19-8-5-14(12-22-19)17-13-21-18-11-15(20)6-7-16(17)18/h5-8,11-13,21H,3-4,9-10H2,1-2H3. The summed E-state index contributed by atoms with van der Waals surface area (Å²) in [7, 11) is 0. The minimum atomic E-state index is -0.228. The highest BCUT2D eigenvalue weighted by molar-refractivity contribution is 5.95. The lowest BCUT2D eigenvalue weighted by molar-refractivity contribution is 0.629. The molecule has 0 atom stereocenters. The minimum Gasteiger partial charge on any atom is -0.360 e. The molecule has 0 spiro atoms. The summed E-state index contributed by atoms with van der Waals surface area (Å²) < 4.78 is 13.3. The predicted octanol–water partition coefficient (Wildman–Crippen LogP) is 5.00. The molecular formula is C19H22FN3. The van der Waals surface area contributed by atoms with Crippen molar-refractivity contribution in [3.63, 3.8) is 0 Å². The fraction of sp³-hybridized carbons (Fsp3) is 0.316. The van der Waals surface area contributed by atoms with Gasteiger partial charge in [0.15, 0.2) is 0 Å². The van der Waals surface area contributed by atoms with Crippen LogP contribution in [-0.2, 0) is 0 Å². The number of hydrogen-bond acceptors (Lipinski definition) is 2. The molecule has 0 aliphatic rings. The molecule has 3 rings (SSSR count). The van der Waals surface area contributed by atoms with Crippen molar-refractivity contribution in [3.05, 3.63) is 48.5 Å². The lowest BCUT2D eigenvalue weighted by Gasteiger charge is -2.22. The number of nitrogens with zero attached hydrogens (tertiary/aromatic N) is 2. The largest absolute Gasteiger partial charge is 0.360 e. The van der Waals surface area contributed by atoms with Crippen molar-refractivity contribution >= 4 is 16.7 Å². The van der Waals surface area contributed by atoms with Crippen LogP contribution >= 0.6 is 0 Å². The molecule has 0 aliphatic carbocycles. The van der Waals surface area contributed by atoms with Crippen LogP contribution in [-0.4, -0.2) is 23.1 Å². The van der Waals surface area contributed by atoms with Crippen LogP contribution in [0.2, 0.25) is 0 Å². The van der Waals surface area contributed by atoms with Crippen LogP contribution in [0.4, 0.5) is 10.2 Å². The van der Waals surface area contributed by atoms with Crippen molar-refractivity contribution in [2.75, 3.05) is 18.0 Å². The Morgan fingerprint density at radius 3 is 2.52 bits per heavy atom. The van der Waals surface area contributed by atoms with Gasteiger partial charge >= 0.3 is 0 Å². The van der Waals surface area contributed by atoms with E-state index in [1.165, 1.54) is 12.1 Å². The molecule has 3 nitrogen and oxygen atoms in total. The van der Waals surface area contributed by atoms with E-state index in [1.54, 1.807) is 0 Å². The third-order valence-corrected chi connectivity index (χ3v) is 4.01. The molecule has 0 fully saturated rings. The van der Waals surface area contributed by atoms with Gasteiger partial charge in [-0.05, 0) is 43.2 Å². The SMILES string of the molecule is CCCN(CCC)c1ccc(-c2c[nH]c3cc(F)ccc23)cn1. The van der Waals surface area contributed by atoms with E-state index in [9.17, 15) is 4.39 Å². The van der Waals surface area contributed by atoms with Crippen molar-refractivity contribution < 1.29 is 4.39 Å². The predicted molar refractivity (Wildman–Crippen MR) is 94.3 cm³/mol. The molecule has 3 aromatic rings. The fourth-order valence-corrected chi connectivity index (χ4v) is 2.95. The van der Waals surface area contributed by atoms with Crippen LogP contribution in [0.1, 0.15) is 26.7 Å². The fourth-order valence-electron chi connectivity index (χ4n) is 2.95. The third-order valence-electron chi connectivity index (χ3n) is 4.01. The zero-order chi connectivity index (χ0) is 16.2. The number of rotatable bonds is 6. The van der Waals surface area contributed by atoms with Crippen molar-refractivity contribution in [1.82, 2.24) is 9.97 Å². The number of H-pyrrole nitrogens is 1. The van der Waals surface area contributed by atoms with Crippen LogP contribution in [0.3, 0.4) is 0 Å². The number of aromatic nitrogens is 2. The van der Waals surface area contributed by atoms with Crippen LogP contribution in [0.15, 0.2) is 42.7 Å². The Morgan fingerprint density at radius 2 is 1.87 bits per heavy atom. The van der Waals surface area contributed by atoms with Crippen molar-refractivity contribution in [1.29, 1.82) is 0 Å². The highest BCUT2D eigenvalue weighted by Gasteiger charge is 2.09. The first-order valence-electron chi connectivity index (χ1n) is 8.21.